The van der Waals surface area contributed by atoms with Crippen LogP contribution in [0.4, 0.5) is 0 Å². The van der Waals surface area contributed by atoms with Crippen molar-refractivity contribution in [1.82, 2.24) is 4.72 Å². The Labute approximate surface area is 110 Å². The van der Waals surface area contributed by atoms with Crippen LogP contribution < -0.4 is 4.72 Å². The molecule has 2 N–H and O–H groups in total. The zero-order valence-corrected chi connectivity index (χ0v) is 10.8. The highest BCUT2D eigenvalue weighted by atomic mass is 32.2. The molecule has 1 aromatic carbocycles. The standard InChI is InChI=1S/C12H13NO5S/c14-11(15)5-2-7-13-19(16,17)10-4-1-3-9-6-8-18-12(9)10/h1,3-4,6,8,13H,2,5,7H2,(H,14,15). The van der Waals surface area contributed by atoms with Crippen molar-refractivity contribution in [1.29, 1.82) is 0 Å². The minimum Gasteiger partial charge on any atom is -0.481 e. The molecule has 19 heavy (non-hydrogen) atoms. The van der Waals surface area contributed by atoms with Crippen LogP contribution in [-0.2, 0) is 14.8 Å². The predicted molar refractivity (Wildman–Crippen MR) is 68.3 cm³/mol. The number of benzene rings is 1. The van der Waals surface area contributed by atoms with Gasteiger partial charge < -0.3 is 9.52 Å². The van der Waals surface area contributed by atoms with Crippen LogP contribution >= 0.6 is 0 Å². The van der Waals surface area contributed by atoms with Gasteiger partial charge >= 0.3 is 5.97 Å². The van der Waals surface area contributed by atoms with Gasteiger partial charge in [-0.15, -0.1) is 0 Å². The topological polar surface area (TPSA) is 96.6 Å². The Bertz CT molecular complexity index is 689. The van der Waals surface area contributed by atoms with Crippen LogP contribution in [0.5, 0.6) is 0 Å². The van der Waals surface area contributed by atoms with E-state index < -0.39 is 16.0 Å². The van der Waals surface area contributed by atoms with E-state index in [0.717, 1.165) is 0 Å². The number of sulfonamides is 1. The van der Waals surface area contributed by atoms with Crippen LogP contribution in [0.2, 0.25) is 0 Å². The highest BCUT2D eigenvalue weighted by molar-refractivity contribution is 7.89. The lowest BCUT2D eigenvalue weighted by Crippen LogP contribution is -2.25. The van der Waals surface area contributed by atoms with Crippen molar-refractivity contribution in [2.75, 3.05) is 6.54 Å². The maximum absolute atomic E-state index is 12.1. The molecule has 1 aromatic heterocycles. The third-order valence-electron chi connectivity index (χ3n) is 2.59. The number of para-hydroxylation sites is 1. The number of carbonyl (C=O) groups is 1. The Balaban J connectivity index is 2.15. The summed E-state index contributed by atoms with van der Waals surface area (Å²) in [6.45, 7) is 0.0751. The fourth-order valence-electron chi connectivity index (χ4n) is 1.70. The van der Waals surface area contributed by atoms with Crippen molar-refractivity contribution >= 4 is 27.0 Å². The molecule has 0 unspecified atom stereocenters. The summed E-state index contributed by atoms with van der Waals surface area (Å²) in [4.78, 5) is 10.4. The molecular weight excluding hydrogens is 270 g/mol. The molecule has 0 saturated heterocycles. The van der Waals surface area contributed by atoms with Gasteiger partial charge in [-0.25, -0.2) is 13.1 Å². The molecule has 7 heteroatoms. The number of hydrogen-bond donors (Lipinski definition) is 2. The summed E-state index contributed by atoms with van der Waals surface area (Å²) < 4.78 is 31.7. The normalized spacial score (nSPS) is 11.8. The van der Waals surface area contributed by atoms with Crippen molar-refractivity contribution in [3.63, 3.8) is 0 Å². The number of hydrogen-bond acceptors (Lipinski definition) is 4. The second-order valence-electron chi connectivity index (χ2n) is 3.99. The lowest BCUT2D eigenvalue weighted by atomic mass is 10.3. The van der Waals surface area contributed by atoms with Crippen LogP contribution in [0.3, 0.4) is 0 Å². The molecule has 6 nitrogen and oxygen atoms in total. The molecule has 0 aliphatic heterocycles. The van der Waals surface area contributed by atoms with Crippen LogP contribution in [0.25, 0.3) is 11.0 Å². The summed E-state index contributed by atoms with van der Waals surface area (Å²) in [5, 5.41) is 9.18. The van der Waals surface area contributed by atoms with Gasteiger partial charge in [0.2, 0.25) is 10.0 Å². The Hall–Kier alpha value is -1.86. The second-order valence-corrected chi connectivity index (χ2v) is 5.73. The number of carboxylic acids is 1. The summed E-state index contributed by atoms with van der Waals surface area (Å²) in [5.41, 5.74) is 0.299. The Morgan fingerprint density at radius 3 is 2.84 bits per heavy atom. The van der Waals surface area contributed by atoms with E-state index in [0.29, 0.717) is 11.0 Å². The number of rotatable bonds is 6. The first-order chi connectivity index (χ1) is 9.00. The number of aliphatic carboxylic acids is 1. The first-order valence-corrected chi connectivity index (χ1v) is 7.17. The maximum atomic E-state index is 12.1. The van der Waals surface area contributed by atoms with Gasteiger partial charge in [0.05, 0.1) is 6.26 Å². The fraction of sp³-hybridized carbons (Fsp3) is 0.250. The lowest BCUT2D eigenvalue weighted by Gasteiger charge is -2.06. The molecule has 0 spiro atoms. The van der Waals surface area contributed by atoms with Crippen molar-refractivity contribution in [2.24, 2.45) is 0 Å². The number of furan rings is 1. The molecule has 0 aliphatic carbocycles. The minimum absolute atomic E-state index is 0.0605. The second kappa shape index (κ2) is 5.41. The molecule has 2 rings (SSSR count). The SMILES string of the molecule is O=C(O)CCCNS(=O)(=O)c1cccc2ccoc12. The quantitative estimate of drug-likeness (QED) is 0.784. The number of nitrogens with one attached hydrogen (secondary N) is 1. The monoisotopic (exact) mass is 283 g/mol. The van der Waals surface area contributed by atoms with E-state index in [1.54, 1.807) is 18.2 Å². The van der Waals surface area contributed by atoms with E-state index in [4.69, 9.17) is 9.52 Å². The third kappa shape index (κ3) is 3.12. The molecule has 0 atom stereocenters. The largest absolute Gasteiger partial charge is 0.481 e. The van der Waals surface area contributed by atoms with Crippen LogP contribution in [0.15, 0.2) is 39.8 Å². The highest BCUT2D eigenvalue weighted by Gasteiger charge is 2.18. The van der Waals surface area contributed by atoms with E-state index >= 15 is 0 Å². The van der Waals surface area contributed by atoms with Crippen LogP contribution in [-0.4, -0.2) is 26.0 Å². The van der Waals surface area contributed by atoms with Gasteiger partial charge in [0.1, 0.15) is 4.90 Å². The molecule has 0 amide bonds. The number of carboxylic acid groups (broad SMARTS) is 1. The van der Waals surface area contributed by atoms with Gasteiger partial charge in [0, 0.05) is 18.4 Å². The average molecular weight is 283 g/mol. The summed E-state index contributed by atoms with van der Waals surface area (Å²) in [5.74, 6) is -0.952. The van der Waals surface area contributed by atoms with Crippen molar-refractivity contribution in [3.8, 4) is 0 Å². The van der Waals surface area contributed by atoms with E-state index in [9.17, 15) is 13.2 Å². The molecule has 1 heterocycles. The van der Waals surface area contributed by atoms with Crippen molar-refractivity contribution < 1.29 is 22.7 Å². The van der Waals surface area contributed by atoms with E-state index in [1.807, 2.05) is 0 Å². The molecule has 0 saturated carbocycles. The lowest BCUT2D eigenvalue weighted by molar-refractivity contribution is -0.137. The smallest absolute Gasteiger partial charge is 0.303 e. The van der Waals surface area contributed by atoms with E-state index in [-0.39, 0.29) is 24.3 Å². The fourth-order valence-corrected chi connectivity index (χ4v) is 2.94. The summed E-state index contributed by atoms with van der Waals surface area (Å²) in [6, 6.07) is 6.51. The molecule has 0 aliphatic rings. The van der Waals surface area contributed by atoms with Gasteiger partial charge in [0.25, 0.3) is 0 Å². The highest BCUT2D eigenvalue weighted by Crippen LogP contribution is 2.23. The Morgan fingerprint density at radius 1 is 1.32 bits per heavy atom. The molecule has 0 radical (unpaired) electrons. The zero-order valence-electron chi connectivity index (χ0n) is 10.00. The third-order valence-corrected chi connectivity index (χ3v) is 4.08. The summed E-state index contributed by atoms with van der Waals surface area (Å²) in [6.07, 6.45) is 1.59. The Morgan fingerprint density at radius 2 is 2.11 bits per heavy atom. The summed E-state index contributed by atoms with van der Waals surface area (Å²) >= 11 is 0. The first kappa shape index (κ1) is 13.6. The first-order valence-electron chi connectivity index (χ1n) is 5.68. The van der Waals surface area contributed by atoms with Gasteiger partial charge in [0.15, 0.2) is 5.58 Å². The van der Waals surface area contributed by atoms with Crippen molar-refractivity contribution in [3.05, 3.63) is 30.5 Å². The maximum Gasteiger partial charge on any atom is 0.303 e. The van der Waals surface area contributed by atoms with Gasteiger partial charge in [-0.05, 0) is 18.6 Å². The number of fused-ring (bicyclic) bond motifs is 1. The van der Waals surface area contributed by atoms with Gasteiger partial charge in [-0.2, -0.15) is 0 Å². The molecular formula is C12H13NO5S. The van der Waals surface area contributed by atoms with Gasteiger partial charge in [-0.3, -0.25) is 4.79 Å². The van der Waals surface area contributed by atoms with E-state index in [2.05, 4.69) is 4.72 Å². The molecule has 2 aromatic rings. The summed E-state index contributed by atoms with van der Waals surface area (Å²) in [7, 11) is -3.69. The Kier molecular flexibility index (Phi) is 3.87. The average Bonchev–Trinajstić information content (AvgIpc) is 2.82. The molecule has 0 fully saturated rings. The predicted octanol–water partition coefficient (Wildman–Crippen LogP) is 1.58. The molecule has 0 bridgehead atoms. The van der Waals surface area contributed by atoms with Crippen LogP contribution in [0, 0.1) is 0 Å². The molecule has 102 valence electrons. The van der Waals surface area contributed by atoms with Crippen LogP contribution in [0.1, 0.15) is 12.8 Å². The minimum atomic E-state index is -3.69. The van der Waals surface area contributed by atoms with Crippen molar-refractivity contribution in [2.45, 2.75) is 17.7 Å². The van der Waals surface area contributed by atoms with E-state index in [1.165, 1.54) is 12.3 Å². The van der Waals surface area contributed by atoms with Gasteiger partial charge in [-0.1, -0.05) is 12.1 Å². The zero-order chi connectivity index (χ0) is 13.9.